The van der Waals surface area contributed by atoms with Gasteiger partial charge in [0.2, 0.25) is 5.89 Å². The van der Waals surface area contributed by atoms with Crippen LogP contribution in [0.4, 0.5) is 5.82 Å². The van der Waals surface area contributed by atoms with Crippen LogP contribution >= 0.6 is 0 Å². The summed E-state index contributed by atoms with van der Waals surface area (Å²) < 4.78 is 5.88. The Balaban J connectivity index is 1.16. The third-order valence-corrected chi connectivity index (χ3v) is 5.50. The number of rotatable bonds is 5. The van der Waals surface area contributed by atoms with Crippen LogP contribution in [0.25, 0.3) is 0 Å². The van der Waals surface area contributed by atoms with Gasteiger partial charge in [0.15, 0.2) is 5.82 Å². The quantitative estimate of drug-likeness (QED) is 0.839. The largest absolute Gasteiger partial charge is 0.444 e. The molecule has 2 fully saturated rings. The van der Waals surface area contributed by atoms with Crippen molar-refractivity contribution < 1.29 is 4.42 Å². The van der Waals surface area contributed by atoms with Crippen LogP contribution < -0.4 is 4.90 Å². The molecule has 1 saturated heterocycles. The van der Waals surface area contributed by atoms with E-state index < -0.39 is 0 Å². The van der Waals surface area contributed by atoms with Gasteiger partial charge in [-0.05, 0) is 44.9 Å². The fourth-order valence-electron chi connectivity index (χ4n) is 3.68. The van der Waals surface area contributed by atoms with Gasteiger partial charge in [-0.2, -0.15) is 5.10 Å². The maximum Gasteiger partial charge on any atom is 0.208 e. The molecule has 0 N–H and O–H groups in total. The van der Waals surface area contributed by atoms with Crippen LogP contribution in [0, 0.1) is 0 Å². The molecule has 0 spiro atoms. The van der Waals surface area contributed by atoms with Crippen molar-refractivity contribution in [2.24, 2.45) is 0 Å². The fourth-order valence-corrected chi connectivity index (χ4v) is 3.68. The molecular formula is C18H23N5O. The normalized spacial score (nSPS) is 20.5. The van der Waals surface area contributed by atoms with Gasteiger partial charge in [-0.25, -0.2) is 4.98 Å². The van der Waals surface area contributed by atoms with Crippen LogP contribution in [-0.4, -0.2) is 46.3 Å². The molecule has 0 bridgehead atoms. The molecule has 2 aliphatic carbocycles. The van der Waals surface area contributed by atoms with Crippen molar-refractivity contribution in [1.82, 2.24) is 20.1 Å². The summed E-state index contributed by atoms with van der Waals surface area (Å²) >= 11 is 0. The summed E-state index contributed by atoms with van der Waals surface area (Å²) in [7, 11) is 2.15. The molecule has 0 aromatic carbocycles. The number of aryl methyl sites for hydroxylation is 2. The lowest BCUT2D eigenvalue weighted by atomic mass is 10.1. The lowest BCUT2D eigenvalue weighted by molar-refractivity contribution is 0.179. The predicted molar refractivity (Wildman–Crippen MR) is 90.0 cm³/mol. The first-order valence-corrected chi connectivity index (χ1v) is 9.02. The average molecular weight is 325 g/mol. The number of hydrogen-bond acceptors (Lipinski definition) is 6. The number of anilines is 1. The molecule has 5 rings (SSSR count). The highest BCUT2D eigenvalue weighted by Crippen LogP contribution is 2.38. The lowest BCUT2D eigenvalue weighted by Gasteiger charge is -2.44. The van der Waals surface area contributed by atoms with Crippen molar-refractivity contribution in [2.75, 3.05) is 25.0 Å². The van der Waals surface area contributed by atoms with Crippen LogP contribution in [0.3, 0.4) is 0 Å². The first-order valence-electron chi connectivity index (χ1n) is 9.02. The minimum absolute atomic E-state index is 0.525. The summed E-state index contributed by atoms with van der Waals surface area (Å²) in [6, 6.07) is 4.79. The summed E-state index contributed by atoms with van der Waals surface area (Å²) in [4.78, 5) is 9.27. The molecule has 126 valence electrons. The molecule has 0 unspecified atom stereocenters. The van der Waals surface area contributed by atoms with E-state index in [9.17, 15) is 0 Å². The molecule has 0 amide bonds. The Morgan fingerprint density at radius 1 is 1.21 bits per heavy atom. The minimum Gasteiger partial charge on any atom is -0.444 e. The predicted octanol–water partition coefficient (Wildman–Crippen LogP) is 2.15. The Bertz CT molecular complexity index is 709. The standard InChI is InChI=1S/C18H23N5O/c1-22(11-18-19-15-3-2-4-16(15)24-18)13-9-23(10-13)17-8-7-14(20-21-17)12-5-6-12/h7-8,12-13H,2-6,9-11H2,1H3. The fraction of sp³-hybridized carbons (Fsp3) is 0.611. The van der Waals surface area contributed by atoms with E-state index in [1.807, 2.05) is 0 Å². The van der Waals surface area contributed by atoms with Crippen LogP contribution in [0.1, 0.15) is 48.2 Å². The Hall–Kier alpha value is -1.95. The van der Waals surface area contributed by atoms with Crippen LogP contribution in [0.15, 0.2) is 16.5 Å². The highest BCUT2D eigenvalue weighted by molar-refractivity contribution is 5.42. The van der Waals surface area contributed by atoms with Crippen molar-refractivity contribution in [3.63, 3.8) is 0 Å². The summed E-state index contributed by atoms with van der Waals surface area (Å²) in [5, 5.41) is 8.78. The molecular weight excluding hydrogens is 302 g/mol. The van der Waals surface area contributed by atoms with E-state index in [0.29, 0.717) is 12.0 Å². The number of hydrogen-bond donors (Lipinski definition) is 0. The second-order valence-electron chi connectivity index (χ2n) is 7.40. The summed E-state index contributed by atoms with van der Waals surface area (Å²) in [6.45, 7) is 2.78. The van der Waals surface area contributed by atoms with E-state index in [-0.39, 0.29) is 0 Å². The maximum absolute atomic E-state index is 5.88. The first-order chi connectivity index (χ1) is 11.8. The number of fused-ring (bicyclic) bond motifs is 1. The van der Waals surface area contributed by atoms with E-state index in [2.05, 4.69) is 44.2 Å². The maximum atomic E-state index is 5.88. The Morgan fingerprint density at radius 2 is 2.08 bits per heavy atom. The van der Waals surface area contributed by atoms with Crippen LogP contribution in [0.2, 0.25) is 0 Å². The third kappa shape index (κ3) is 2.59. The van der Waals surface area contributed by atoms with E-state index in [4.69, 9.17) is 4.42 Å². The van der Waals surface area contributed by atoms with Gasteiger partial charge in [-0.3, -0.25) is 4.90 Å². The zero-order valence-electron chi connectivity index (χ0n) is 14.1. The van der Waals surface area contributed by atoms with Crippen LogP contribution in [-0.2, 0) is 19.4 Å². The molecule has 2 aromatic heterocycles. The minimum atomic E-state index is 0.525. The molecule has 6 heteroatoms. The topological polar surface area (TPSA) is 58.3 Å². The van der Waals surface area contributed by atoms with Gasteiger partial charge in [0, 0.05) is 31.5 Å². The Kier molecular flexibility index (Phi) is 3.33. The van der Waals surface area contributed by atoms with E-state index >= 15 is 0 Å². The molecule has 6 nitrogen and oxygen atoms in total. The van der Waals surface area contributed by atoms with Gasteiger partial charge >= 0.3 is 0 Å². The number of nitrogens with zero attached hydrogens (tertiary/aromatic N) is 5. The zero-order chi connectivity index (χ0) is 16.1. The number of oxazole rings is 1. The SMILES string of the molecule is CN(Cc1nc2c(o1)CCC2)C1CN(c2ccc(C3CC3)nn2)C1. The molecule has 3 aliphatic rings. The number of aromatic nitrogens is 3. The lowest BCUT2D eigenvalue weighted by Crippen LogP contribution is -2.58. The summed E-state index contributed by atoms with van der Waals surface area (Å²) in [5.41, 5.74) is 2.34. The smallest absolute Gasteiger partial charge is 0.208 e. The van der Waals surface area contributed by atoms with Crippen molar-refractivity contribution in [3.05, 3.63) is 35.2 Å². The van der Waals surface area contributed by atoms with Gasteiger partial charge in [0.1, 0.15) is 5.76 Å². The van der Waals surface area contributed by atoms with Gasteiger partial charge < -0.3 is 9.32 Å². The van der Waals surface area contributed by atoms with E-state index in [1.165, 1.54) is 25.0 Å². The second-order valence-corrected chi connectivity index (χ2v) is 7.40. The Morgan fingerprint density at radius 3 is 2.79 bits per heavy atom. The molecule has 24 heavy (non-hydrogen) atoms. The molecule has 3 heterocycles. The van der Waals surface area contributed by atoms with Crippen molar-refractivity contribution in [3.8, 4) is 0 Å². The van der Waals surface area contributed by atoms with E-state index in [0.717, 1.165) is 55.6 Å². The van der Waals surface area contributed by atoms with Crippen molar-refractivity contribution in [2.45, 2.75) is 50.6 Å². The highest BCUT2D eigenvalue weighted by atomic mass is 16.4. The monoisotopic (exact) mass is 325 g/mol. The van der Waals surface area contributed by atoms with Gasteiger partial charge in [0.25, 0.3) is 0 Å². The third-order valence-electron chi connectivity index (χ3n) is 5.50. The Labute approximate surface area is 141 Å². The molecule has 2 aromatic rings. The molecule has 0 atom stereocenters. The molecule has 1 saturated carbocycles. The summed E-state index contributed by atoms with van der Waals surface area (Å²) in [6.07, 6.45) is 5.87. The zero-order valence-corrected chi connectivity index (χ0v) is 14.1. The van der Waals surface area contributed by atoms with Gasteiger partial charge in [0.05, 0.1) is 17.9 Å². The van der Waals surface area contributed by atoms with Crippen LogP contribution in [0.5, 0.6) is 0 Å². The number of likely N-dealkylation sites (N-methyl/N-ethyl adjacent to an activating group) is 1. The first kappa shape index (κ1) is 14.4. The van der Waals surface area contributed by atoms with Crippen molar-refractivity contribution >= 4 is 5.82 Å². The average Bonchev–Trinajstić information content (AvgIpc) is 3.18. The molecule has 1 aliphatic heterocycles. The van der Waals surface area contributed by atoms with E-state index in [1.54, 1.807) is 0 Å². The summed E-state index contributed by atoms with van der Waals surface area (Å²) in [5.74, 6) is 3.65. The highest BCUT2D eigenvalue weighted by Gasteiger charge is 2.32. The van der Waals surface area contributed by atoms with Gasteiger partial charge in [-0.15, -0.1) is 5.10 Å². The second kappa shape index (κ2) is 5.55. The van der Waals surface area contributed by atoms with Gasteiger partial charge in [-0.1, -0.05) is 0 Å². The molecule has 0 radical (unpaired) electrons. The van der Waals surface area contributed by atoms with Crippen molar-refractivity contribution in [1.29, 1.82) is 0 Å².